The van der Waals surface area contributed by atoms with E-state index in [1.165, 1.54) is 6.92 Å². The van der Waals surface area contributed by atoms with Crippen LogP contribution in [0.5, 0.6) is 11.5 Å². The molecule has 0 spiro atoms. The fourth-order valence-corrected chi connectivity index (χ4v) is 1.32. The summed E-state index contributed by atoms with van der Waals surface area (Å²) in [6.45, 7) is 1.24. The topological polar surface area (TPSA) is 64.6 Å². The molecule has 78 valence electrons. The molecular formula is C10H9NO4. The Morgan fingerprint density at radius 2 is 2.33 bits per heavy atom. The third-order valence-electron chi connectivity index (χ3n) is 1.85. The number of esters is 1. The number of fused-ring (bicyclic) bond motifs is 1. The number of hydrogen-bond donors (Lipinski definition) is 1. The highest BCUT2D eigenvalue weighted by Crippen LogP contribution is 2.37. The van der Waals surface area contributed by atoms with Crippen LogP contribution in [0.1, 0.15) is 6.92 Å². The summed E-state index contributed by atoms with van der Waals surface area (Å²) in [6.07, 6.45) is 0. The largest absolute Gasteiger partial charge is 0.478 e. The first-order valence-electron chi connectivity index (χ1n) is 4.41. The second-order valence-electron chi connectivity index (χ2n) is 3.06. The lowest BCUT2D eigenvalue weighted by molar-refractivity contribution is -0.132. The van der Waals surface area contributed by atoms with Gasteiger partial charge < -0.3 is 14.8 Å². The van der Waals surface area contributed by atoms with Gasteiger partial charge in [0.25, 0.3) is 5.91 Å². The molecule has 1 heterocycles. The SMILES string of the molecule is CC(=O)Oc1cccc2c1OCC(=O)N2. The molecule has 0 aromatic heterocycles. The van der Waals surface area contributed by atoms with Gasteiger partial charge in [-0.2, -0.15) is 0 Å². The highest BCUT2D eigenvalue weighted by molar-refractivity contribution is 5.96. The maximum Gasteiger partial charge on any atom is 0.308 e. The van der Waals surface area contributed by atoms with E-state index in [4.69, 9.17) is 9.47 Å². The van der Waals surface area contributed by atoms with Crippen molar-refractivity contribution in [2.45, 2.75) is 6.92 Å². The van der Waals surface area contributed by atoms with Crippen LogP contribution in [0.3, 0.4) is 0 Å². The summed E-state index contributed by atoms with van der Waals surface area (Å²) in [5, 5.41) is 2.62. The molecule has 2 rings (SSSR count). The zero-order valence-corrected chi connectivity index (χ0v) is 8.07. The van der Waals surface area contributed by atoms with E-state index in [0.717, 1.165) is 0 Å². The minimum Gasteiger partial charge on any atom is -0.478 e. The molecule has 0 unspecified atom stereocenters. The summed E-state index contributed by atoms with van der Waals surface area (Å²) >= 11 is 0. The fourth-order valence-electron chi connectivity index (χ4n) is 1.32. The number of nitrogens with one attached hydrogen (secondary N) is 1. The number of hydrogen-bond acceptors (Lipinski definition) is 4. The molecule has 0 fully saturated rings. The van der Waals surface area contributed by atoms with E-state index < -0.39 is 5.97 Å². The summed E-state index contributed by atoms with van der Waals surface area (Å²) in [6, 6.07) is 4.96. The zero-order chi connectivity index (χ0) is 10.8. The maximum atomic E-state index is 11.0. The Kier molecular flexibility index (Phi) is 2.29. The summed E-state index contributed by atoms with van der Waals surface area (Å²) in [5.41, 5.74) is 0.519. The van der Waals surface area contributed by atoms with Crippen LogP contribution in [0.2, 0.25) is 0 Å². The van der Waals surface area contributed by atoms with Gasteiger partial charge in [-0.1, -0.05) is 6.07 Å². The summed E-state index contributed by atoms with van der Waals surface area (Å²) < 4.78 is 10.1. The van der Waals surface area contributed by atoms with Gasteiger partial charge in [0, 0.05) is 6.92 Å². The Bertz CT molecular complexity index is 427. The monoisotopic (exact) mass is 207 g/mol. The standard InChI is InChI=1S/C10H9NO4/c1-6(12)15-8-4-2-3-7-10(8)14-5-9(13)11-7/h2-4H,5H2,1H3,(H,11,13). The first-order chi connectivity index (χ1) is 7.16. The van der Waals surface area contributed by atoms with Crippen LogP contribution in [0.4, 0.5) is 5.69 Å². The fraction of sp³-hybridized carbons (Fsp3) is 0.200. The number of rotatable bonds is 1. The molecule has 1 N–H and O–H groups in total. The van der Waals surface area contributed by atoms with Crippen molar-refractivity contribution in [1.82, 2.24) is 0 Å². The Morgan fingerprint density at radius 1 is 1.53 bits per heavy atom. The molecular weight excluding hydrogens is 198 g/mol. The highest BCUT2D eigenvalue weighted by atomic mass is 16.6. The molecule has 0 atom stereocenters. The predicted octanol–water partition coefficient (Wildman–Crippen LogP) is 0.943. The molecule has 1 aromatic rings. The third kappa shape index (κ3) is 1.90. The van der Waals surface area contributed by atoms with E-state index in [1.807, 2.05) is 0 Å². The van der Waals surface area contributed by atoms with Crippen LogP contribution in [-0.4, -0.2) is 18.5 Å². The Balaban J connectivity index is 2.37. The molecule has 0 saturated heterocycles. The number of ether oxygens (including phenoxy) is 2. The summed E-state index contributed by atoms with van der Waals surface area (Å²) in [4.78, 5) is 21.8. The molecule has 0 aliphatic carbocycles. The van der Waals surface area contributed by atoms with Crippen molar-refractivity contribution in [3.63, 3.8) is 0 Å². The number of anilines is 1. The van der Waals surface area contributed by atoms with Crippen LogP contribution in [0.25, 0.3) is 0 Å². The van der Waals surface area contributed by atoms with E-state index in [1.54, 1.807) is 18.2 Å². The maximum absolute atomic E-state index is 11.0. The van der Waals surface area contributed by atoms with Gasteiger partial charge >= 0.3 is 5.97 Å². The van der Waals surface area contributed by atoms with E-state index in [-0.39, 0.29) is 12.5 Å². The second kappa shape index (κ2) is 3.61. The zero-order valence-electron chi connectivity index (χ0n) is 8.07. The normalized spacial score (nSPS) is 13.5. The molecule has 15 heavy (non-hydrogen) atoms. The first-order valence-corrected chi connectivity index (χ1v) is 4.41. The minimum atomic E-state index is -0.427. The van der Waals surface area contributed by atoms with Crippen LogP contribution in [0, 0.1) is 0 Å². The van der Waals surface area contributed by atoms with Crippen molar-refractivity contribution >= 4 is 17.6 Å². The van der Waals surface area contributed by atoms with Gasteiger partial charge in [-0.05, 0) is 12.1 Å². The minimum absolute atomic E-state index is 0.0642. The molecule has 0 bridgehead atoms. The Hall–Kier alpha value is -2.04. The van der Waals surface area contributed by atoms with Crippen molar-refractivity contribution in [2.75, 3.05) is 11.9 Å². The first kappa shape index (κ1) is 9.51. The van der Waals surface area contributed by atoms with Crippen molar-refractivity contribution in [2.24, 2.45) is 0 Å². The van der Waals surface area contributed by atoms with E-state index in [2.05, 4.69) is 5.32 Å². The van der Waals surface area contributed by atoms with Gasteiger partial charge in [-0.3, -0.25) is 9.59 Å². The van der Waals surface area contributed by atoms with Crippen molar-refractivity contribution < 1.29 is 19.1 Å². The molecule has 1 aliphatic rings. The van der Waals surface area contributed by atoms with Crippen LogP contribution in [0.15, 0.2) is 18.2 Å². The summed E-state index contributed by atoms with van der Waals surface area (Å²) in [7, 11) is 0. The number of para-hydroxylation sites is 1. The van der Waals surface area contributed by atoms with Gasteiger partial charge in [0.2, 0.25) is 0 Å². The Labute approximate surface area is 86.0 Å². The van der Waals surface area contributed by atoms with Crippen LogP contribution >= 0.6 is 0 Å². The number of carbonyl (C=O) groups excluding carboxylic acids is 2. The molecule has 5 heteroatoms. The van der Waals surface area contributed by atoms with Crippen molar-refractivity contribution in [3.8, 4) is 11.5 Å². The third-order valence-corrected chi connectivity index (χ3v) is 1.85. The van der Waals surface area contributed by atoms with Gasteiger partial charge in [0.05, 0.1) is 5.69 Å². The van der Waals surface area contributed by atoms with E-state index >= 15 is 0 Å². The highest BCUT2D eigenvalue weighted by Gasteiger charge is 2.20. The predicted molar refractivity (Wildman–Crippen MR) is 51.9 cm³/mol. The van der Waals surface area contributed by atoms with E-state index in [9.17, 15) is 9.59 Å². The molecule has 1 amide bonds. The van der Waals surface area contributed by atoms with Gasteiger partial charge in [-0.15, -0.1) is 0 Å². The van der Waals surface area contributed by atoms with Gasteiger partial charge in [-0.25, -0.2) is 0 Å². The van der Waals surface area contributed by atoms with Gasteiger partial charge in [0.1, 0.15) is 0 Å². The number of amides is 1. The average molecular weight is 207 g/mol. The lowest BCUT2D eigenvalue weighted by Gasteiger charge is -2.19. The smallest absolute Gasteiger partial charge is 0.308 e. The van der Waals surface area contributed by atoms with Gasteiger partial charge in [0.15, 0.2) is 18.1 Å². The van der Waals surface area contributed by atoms with Crippen molar-refractivity contribution in [3.05, 3.63) is 18.2 Å². The molecule has 0 saturated carbocycles. The molecule has 1 aromatic carbocycles. The lowest BCUT2D eigenvalue weighted by Crippen LogP contribution is -2.25. The average Bonchev–Trinajstić information content (AvgIpc) is 2.16. The van der Waals surface area contributed by atoms with E-state index in [0.29, 0.717) is 17.2 Å². The van der Waals surface area contributed by atoms with Crippen LogP contribution in [-0.2, 0) is 9.59 Å². The quantitative estimate of drug-likeness (QED) is 0.550. The number of carbonyl (C=O) groups is 2. The Morgan fingerprint density at radius 3 is 3.07 bits per heavy atom. The lowest BCUT2D eigenvalue weighted by atomic mass is 10.2. The van der Waals surface area contributed by atoms with Crippen LogP contribution < -0.4 is 14.8 Å². The number of benzene rings is 1. The molecule has 5 nitrogen and oxygen atoms in total. The molecule has 0 radical (unpaired) electrons. The second-order valence-corrected chi connectivity index (χ2v) is 3.06. The van der Waals surface area contributed by atoms with Crippen molar-refractivity contribution in [1.29, 1.82) is 0 Å². The summed E-state index contributed by atoms with van der Waals surface area (Å²) in [5.74, 6) is 0.0682. The molecule has 1 aliphatic heterocycles.